The molecule has 0 unspecified atom stereocenters. The topological polar surface area (TPSA) is 38.3 Å². The molecule has 1 aromatic rings. The van der Waals surface area contributed by atoms with Gasteiger partial charge >= 0.3 is 0 Å². The van der Waals surface area contributed by atoms with Gasteiger partial charge in [0.15, 0.2) is 6.10 Å². The van der Waals surface area contributed by atoms with Gasteiger partial charge in [0.2, 0.25) is 0 Å². The first-order valence-corrected chi connectivity index (χ1v) is 5.33. The summed E-state index contributed by atoms with van der Waals surface area (Å²) in [6.07, 6.45) is 0.312. The molecule has 1 atom stereocenters. The standard InChI is InChI=1S/C12H16FNO2/c1-3-8-14-12(15)9(2)16-11-6-4-10(13)5-7-11/h4-7,9H,3,8H2,1-2H3,(H,14,15)/t9-/m1/s1. The molecule has 4 heteroatoms. The Kier molecular flexibility index (Phi) is 4.76. The SMILES string of the molecule is CCCNC(=O)[C@@H](C)Oc1ccc(F)cc1. The Morgan fingerprint density at radius 2 is 2.06 bits per heavy atom. The lowest BCUT2D eigenvalue weighted by molar-refractivity contribution is -0.127. The van der Waals surface area contributed by atoms with E-state index in [-0.39, 0.29) is 11.7 Å². The highest BCUT2D eigenvalue weighted by Gasteiger charge is 2.13. The number of hydrogen-bond acceptors (Lipinski definition) is 2. The molecule has 1 aromatic carbocycles. The van der Waals surface area contributed by atoms with Crippen molar-refractivity contribution in [3.63, 3.8) is 0 Å². The van der Waals surface area contributed by atoms with Crippen LogP contribution in [0.2, 0.25) is 0 Å². The van der Waals surface area contributed by atoms with Gasteiger partial charge < -0.3 is 10.1 Å². The van der Waals surface area contributed by atoms with Gasteiger partial charge in [0.1, 0.15) is 11.6 Å². The lowest BCUT2D eigenvalue weighted by atomic mass is 10.3. The molecule has 0 aliphatic carbocycles. The fourth-order valence-corrected chi connectivity index (χ4v) is 1.16. The maximum Gasteiger partial charge on any atom is 0.260 e. The van der Waals surface area contributed by atoms with Gasteiger partial charge in [0.25, 0.3) is 5.91 Å². The Bertz CT molecular complexity index is 337. The molecule has 0 aliphatic rings. The molecule has 0 bridgehead atoms. The van der Waals surface area contributed by atoms with E-state index in [1.54, 1.807) is 6.92 Å². The average molecular weight is 225 g/mol. The minimum atomic E-state index is -0.572. The zero-order chi connectivity index (χ0) is 12.0. The van der Waals surface area contributed by atoms with Gasteiger partial charge in [-0.25, -0.2) is 4.39 Å². The molecule has 1 N–H and O–H groups in total. The van der Waals surface area contributed by atoms with Crippen molar-refractivity contribution >= 4 is 5.91 Å². The van der Waals surface area contributed by atoms with E-state index in [0.717, 1.165) is 6.42 Å². The maximum atomic E-state index is 12.6. The van der Waals surface area contributed by atoms with Gasteiger partial charge in [-0.05, 0) is 37.6 Å². The van der Waals surface area contributed by atoms with Gasteiger partial charge in [-0.3, -0.25) is 4.79 Å². The first-order chi connectivity index (χ1) is 7.63. The number of hydrogen-bond donors (Lipinski definition) is 1. The summed E-state index contributed by atoms with van der Waals surface area (Å²) in [6.45, 7) is 4.27. The zero-order valence-corrected chi connectivity index (χ0v) is 9.50. The van der Waals surface area contributed by atoms with Crippen LogP contribution < -0.4 is 10.1 Å². The van der Waals surface area contributed by atoms with Crippen molar-refractivity contribution in [1.82, 2.24) is 5.32 Å². The zero-order valence-electron chi connectivity index (χ0n) is 9.50. The fourth-order valence-electron chi connectivity index (χ4n) is 1.16. The van der Waals surface area contributed by atoms with E-state index in [1.165, 1.54) is 24.3 Å². The minimum Gasteiger partial charge on any atom is -0.481 e. The summed E-state index contributed by atoms with van der Waals surface area (Å²) in [4.78, 5) is 11.5. The highest BCUT2D eigenvalue weighted by Crippen LogP contribution is 2.12. The van der Waals surface area contributed by atoms with Crippen LogP contribution in [-0.4, -0.2) is 18.6 Å². The van der Waals surface area contributed by atoms with E-state index < -0.39 is 6.10 Å². The molecule has 0 aliphatic heterocycles. The highest BCUT2D eigenvalue weighted by molar-refractivity contribution is 5.80. The number of halogens is 1. The van der Waals surface area contributed by atoms with Crippen LogP contribution >= 0.6 is 0 Å². The van der Waals surface area contributed by atoms with Crippen molar-refractivity contribution < 1.29 is 13.9 Å². The minimum absolute atomic E-state index is 0.161. The van der Waals surface area contributed by atoms with E-state index in [4.69, 9.17) is 4.74 Å². The van der Waals surface area contributed by atoms with Crippen LogP contribution in [0.5, 0.6) is 5.75 Å². The molecule has 1 rings (SSSR count). The molecule has 88 valence electrons. The average Bonchev–Trinajstić information content (AvgIpc) is 2.29. The number of benzene rings is 1. The van der Waals surface area contributed by atoms with Crippen LogP contribution in [0.25, 0.3) is 0 Å². The summed E-state index contributed by atoms with van der Waals surface area (Å²) in [5.74, 6) is 0.00200. The van der Waals surface area contributed by atoms with E-state index in [1.807, 2.05) is 6.92 Å². The van der Waals surface area contributed by atoms with E-state index >= 15 is 0 Å². The van der Waals surface area contributed by atoms with Gasteiger partial charge in [-0.1, -0.05) is 6.92 Å². The summed E-state index contributed by atoms with van der Waals surface area (Å²) in [6, 6.07) is 5.59. The molecular weight excluding hydrogens is 209 g/mol. The molecule has 3 nitrogen and oxygen atoms in total. The Hall–Kier alpha value is -1.58. The third-order valence-corrected chi connectivity index (χ3v) is 2.04. The van der Waals surface area contributed by atoms with Crippen molar-refractivity contribution in [1.29, 1.82) is 0 Å². The predicted octanol–water partition coefficient (Wildman–Crippen LogP) is 2.12. The smallest absolute Gasteiger partial charge is 0.260 e. The van der Waals surface area contributed by atoms with Gasteiger partial charge in [-0.2, -0.15) is 0 Å². The van der Waals surface area contributed by atoms with Crippen molar-refractivity contribution in [3.05, 3.63) is 30.1 Å². The molecule has 0 spiro atoms. The summed E-state index contributed by atoms with van der Waals surface area (Å²) in [5.41, 5.74) is 0. The number of amides is 1. The first kappa shape index (κ1) is 12.5. The van der Waals surface area contributed by atoms with Crippen molar-refractivity contribution in [2.45, 2.75) is 26.4 Å². The van der Waals surface area contributed by atoms with E-state index in [0.29, 0.717) is 12.3 Å². The molecule has 0 fully saturated rings. The van der Waals surface area contributed by atoms with Crippen LogP contribution in [0, 0.1) is 5.82 Å². The number of carbonyl (C=O) groups excluding carboxylic acids is 1. The number of carbonyl (C=O) groups is 1. The molecular formula is C12H16FNO2. The molecule has 0 saturated carbocycles. The summed E-state index contributed by atoms with van der Waals surface area (Å²) in [7, 11) is 0. The van der Waals surface area contributed by atoms with Crippen molar-refractivity contribution in [3.8, 4) is 5.75 Å². The van der Waals surface area contributed by atoms with Crippen LogP contribution in [0.1, 0.15) is 20.3 Å². The third kappa shape index (κ3) is 3.88. The van der Waals surface area contributed by atoms with Gasteiger partial charge in [-0.15, -0.1) is 0 Å². The lowest BCUT2D eigenvalue weighted by Crippen LogP contribution is -2.36. The summed E-state index contributed by atoms with van der Waals surface area (Å²) >= 11 is 0. The van der Waals surface area contributed by atoms with Crippen molar-refractivity contribution in [2.24, 2.45) is 0 Å². The first-order valence-electron chi connectivity index (χ1n) is 5.33. The molecule has 0 saturated heterocycles. The lowest BCUT2D eigenvalue weighted by Gasteiger charge is -2.14. The fraction of sp³-hybridized carbons (Fsp3) is 0.417. The molecule has 0 heterocycles. The highest BCUT2D eigenvalue weighted by atomic mass is 19.1. The normalized spacial score (nSPS) is 11.9. The molecule has 16 heavy (non-hydrogen) atoms. The second kappa shape index (κ2) is 6.10. The van der Waals surface area contributed by atoms with Gasteiger partial charge in [0, 0.05) is 6.54 Å². The summed E-state index contributed by atoms with van der Waals surface area (Å²) < 4.78 is 18.0. The number of rotatable bonds is 5. The molecule has 0 radical (unpaired) electrons. The second-order valence-electron chi connectivity index (χ2n) is 3.51. The molecule has 0 aromatic heterocycles. The van der Waals surface area contributed by atoms with E-state index in [9.17, 15) is 9.18 Å². The maximum absolute atomic E-state index is 12.6. The Labute approximate surface area is 94.6 Å². The predicted molar refractivity (Wildman–Crippen MR) is 59.8 cm³/mol. The Morgan fingerprint density at radius 3 is 2.62 bits per heavy atom. The molecule has 1 amide bonds. The van der Waals surface area contributed by atoms with Crippen molar-refractivity contribution in [2.75, 3.05) is 6.54 Å². The van der Waals surface area contributed by atoms with E-state index in [2.05, 4.69) is 5.32 Å². The van der Waals surface area contributed by atoms with Crippen LogP contribution in [0.3, 0.4) is 0 Å². The van der Waals surface area contributed by atoms with Crippen LogP contribution in [-0.2, 0) is 4.79 Å². The second-order valence-corrected chi connectivity index (χ2v) is 3.51. The quantitative estimate of drug-likeness (QED) is 0.833. The number of ether oxygens (including phenoxy) is 1. The summed E-state index contributed by atoms with van der Waals surface area (Å²) in [5, 5.41) is 2.73. The van der Waals surface area contributed by atoms with Crippen LogP contribution in [0.4, 0.5) is 4.39 Å². The third-order valence-electron chi connectivity index (χ3n) is 2.04. The van der Waals surface area contributed by atoms with Crippen LogP contribution in [0.15, 0.2) is 24.3 Å². The number of nitrogens with one attached hydrogen (secondary N) is 1. The largest absolute Gasteiger partial charge is 0.481 e. The Morgan fingerprint density at radius 1 is 1.44 bits per heavy atom. The van der Waals surface area contributed by atoms with Gasteiger partial charge in [0.05, 0.1) is 0 Å². The Balaban J connectivity index is 2.47. The monoisotopic (exact) mass is 225 g/mol.